The van der Waals surface area contributed by atoms with Gasteiger partial charge in [-0.3, -0.25) is 4.90 Å². The summed E-state index contributed by atoms with van der Waals surface area (Å²) in [6.45, 7) is 5.44. The highest BCUT2D eigenvalue weighted by molar-refractivity contribution is 5.74. The molecule has 2 N–H and O–H groups in total. The van der Waals surface area contributed by atoms with Crippen LogP contribution in [0.15, 0.2) is 48.5 Å². The molecule has 0 aromatic heterocycles. The summed E-state index contributed by atoms with van der Waals surface area (Å²) in [4.78, 5) is 14.9. The number of para-hydroxylation sites is 1. The van der Waals surface area contributed by atoms with Gasteiger partial charge in [-0.15, -0.1) is 0 Å². The van der Waals surface area contributed by atoms with Gasteiger partial charge in [0.15, 0.2) is 0 Å². The average molecular weight is 365 g/mol. The molecule has 4 rings (SSSR count). The molecule has 0 unspecified atom stereocenters. The van der Waals surface area contributed by atoms with E-state index in [-0.39, 0.29) is 12.1 Å². The predicted molar refractivity (Wildman–Crippen MR) is 106 cm³/mol. The zero-order chi connectivity index (χ0) is 18.6. The Bertz CT molecular complexity index is 808. The van der Waals surface area contributed by atoms with Crippen LogP contribution in [-0.2, 0) is 13.0 Å². The third-order valence-corrected chi connectivity index (χ3v) is 5.61. The SMILES string of the molecule is C[C@@H](CNC(=O)N[C@@H]1CCOc2ccccc21)N1CCc2ccccc2C1. The van der Waals surface area contributed by atoms with E-state index in [1.54, 1.807) is 0 Å². The molecule has 0 saturated carbocycles. The Hall–Kier alpha value is -2.53. The minimum atomic E-state index is -0.110. The first-order valence-electron chi connectivity index (χ1n) is 9.77. The molecule has 0 saturated heterocycles. The van der Waals surface area contributed by atoms with Crippen molar-refractivity contribution in [3.8, 4) is 5.75 Å². The van der Waals surface area contributed by atoms with E-state index in [1.165, 1.54) is 11.1 Å². The van der Waals surface area contributed by atoms with Crippen LogP contribution < -0.4 is 15.4 Å². The van der Waals surface area contributed by atoms with Crippen molar-refractivity contribution in [2.75, 3.05) is 19.7 Å². The Morgan fingerprint density at radius 2 is 1.96 bits per heavy atom. The largest absolute Gasteiger partial charge is 0.493 e. The summed E-state index contributed by atoms with van der Waals surface area (Å²) < 4.78 is 5.66. The second-order valence-corrected chi connectivity index (χ2v) is 7.42. The van der Waals surface area contributed by atoms with E-state index < -0.39 is 0 Å². The summed E-state index contributed by atoms with van der Waals surface area (Å²) in [5.41, 5.74) is 3.91. The summed E-state index contributed by atoms with van der Waals surface area (Å²) in [6.07, 6.45) is 1.87. The topological polar surface area (TPSA) is 53.6 Å². The highest BCUT2D eigenvalue weighted by Gasteiger charge is 2.24. The molecule has 2 aromatic carbocycles. The number of nitrogens with one attached hydrogen (secondary N) is 2. The van der Waals surface area contributed by atoms with Gasteiger partial charge >= 0.3 is 6.03 Å². The van der Waals surface area contributed by atoms with Crippen molar-refractivity contribution in [1.82, 2.24) is 15.5 Å². The van der Waals surface area contributed by atoms with Gasteiger partial charge in [-0.25, -0.2) is 4.79 Å². The summed E-state index contributed by atoms with van der Waals surface area (Å²) >= 11 is 0. The van der Waals surface area contributed by atoms with E-state index in [1.807, 2.05) is 24.3 Å². The minimum Gasteiger partial charge on any atom is -0.493 e. The fourth-order valence-corrected chi connectivity index (χ4v) is 3.96. The molecular formula is C22H27N3O2. The van der Waals surface area contributed by atoms with Crippen molar-refractivity contribution in [2.24, 2.45) is 0 Å². The minimum absolute atomic E-state index is 0.00659. The Kier molecular flexibility index (Phi) is 5.30. The van der Waals surface area contributed by atoms with Crippen LogP contribution in [-0.4, -0.2) is 36.7 Å². The summed E-state index contributed by atoms with van der Waals surface area (Å²) in [5.74, 6) is 0.870. The number of rotatable bonds is 4. The molecule has 0 radical (unpaired) electrons. The normalized spacial score (nSPS) is 20.0. The number of hydrogen-bond donors (Lipinski definition) is 2. The van der Waals surface area contributed by atoms with E-state index in [2.05, 4.69) is 46.7 Å². The predicted octanol–water partition coefficient (Wildman–Crippen LogP) is 3.26. The first-order valence-corrected chi connectivity index (χ1v) is 9.77. The quantitative estimate of drug-likeness (QED) is 0.874. The number of ether oxygens (including phenoxy) is 1. The van der Waals surface area contributed by atoms with Gasteiger partial charge < -0.3 is 15.4 Å². The van der Waals surface area contributed by atoms with Crippen LogP contribution in [0, 0.1) is 0 Å². The Labute approximate surface area is 160 Å². The lowest BCUT2D eigenvalue weighted by Gasteiger charge is -2.34. The van der Waals surface area contributed by atoms with E-state index in [0.29, 0.717) is 19.2 Å². The Morgan fingerprint density at radius 1 is 1.19 bits per heavy atom. The van der Waals surface area contributed by atoms with E-state index in [4.69, 9.17) is 4.74 Å². The number of benzene rings is 2. The fourth-order valence-electron chi connectivity index (χ4n) is 3.96. The van der Waals surface area contributed by atoms with Gasteiger partial charge in [-0.2, -0.15) is 0 Å². The molecule has 2 aromatic rings. The number of fused-ring (bicyclic) bond motifs is 2. The molecule has 142 valence electrons. The van der Waals surface area contributed by atoms with Gasteiger partial charge in [0.25, 0.3) is 0 Å². The van der Waals surface area contributed by atoms with Crippen molar-refractivity contribution < 1.29 is 9.53 Å². The molecular weight excluding hydrogens is 338 g/mol. The van der Waals surface area contributed by atoms with Crippen molar-refractivity contribution in [3.05, 3.63) is 65.2 Å². The zero-order valence-corrected chi connectivity index (χ0v) is 15.8. The molecule has 2 heterocycles. The van der Waals surface area contributed by atoms with E-state index in [9.17, 15) is 4.79 Å². The smallest absolute Gasteiger partial charge is 0.315 e. The van der Waals surface area contributed by atoms with Crippen LogP contribution in [0.25, 0.3) is 0 Å². The lowest BCUT2D eigenvalue weighted by Crippen LogP contribution is -2.47. The van der Waals surface area contributed by atoms with Crippen LogP contribution >= 0.6 is 0 Å². The van der Waals surface area contributed by atoms with Crippen LogP contribution in [0.2, 0.25) is 0 Å². The number of hydrogen-bond acceptors (Lipinski definition) is 3. The van der Waals surface area contributed by atoms with Crippen molar-refractivity contribution in [1.29, 1.82) is 0 Å². The third-order valence-electron chi connectivity index (χ3n) is 5.61. The van der Waals surface area contributed by atoms with Crippen molar-refractivity contribution >= 4 is 6.03 Å². The van der Waals surface area contributed by atoms with Gasteiger partial charge in [-0.05, 0) is 30.5 Å². The van der Waals surface area contributed by atoms with Gasteiger partial charge in [0, 0.05) is 37.7 Å². The summed E-state index contributed by atoms with van der Waals surface area (Å²) in [6, 6.07) is 16.7. The number of carbonyl (C=O) groups is 1. The monoisotopic (exact) mass is 365 g/mol. The molecule has 2 atom stereocenters. The van der Waals surface area contributed by atoms with Crippen molar-refractivity contribution in [3.63, 3.8) is 0 Å². The first kappa shape index (κ1) is 17.9. The molecule has 5 heteroatoms. The van der Waals surface area contributed by atoms with Crippen molar-refractivity contribution in [2.45, 2.75) is 38.4 Å². The maximum Gasteiger partial charge on any atom is 0.315 e. The summed E-state index contributed by atoms with van der Waals surface area (Å²) in [5, 5.41) is 6.15. The maximum absolute atomic E-state index is 12.4. The second-order valence-electron chi connectivity index (χ2n) is 7.42. The standard InChI is InChI=1S/C22H27N3O2/c1-16(25-12-10-17-6-2-3-7-18(17)15-25)14-23-22(26)24-20-11-13-27-21-9-5-4-8-19(20)21/h2-9,16,20H,10-15H2,1H3,(H2,23,24,26)/t16-,20+/m0/s1. The van der Waals surface area contributed by atoms with Gasteiger partial charge in [-0.1, -0.05) is 42.5 Å². The maximum atomic E-state index is 12.4. The third kappa shape index (κ3) is 4.08. The number of amides is 2. The van der Waals surface area contributed by atoms with Gasteiger partial charge in [0.1, 0.15) is 5.75 Å². The number of carbonyl (C=O) groups excluding carboxylic acids is 1. The fraction of sp³-hybridized carbons (Fsp3) is 0.409. The molecule has 2 aliphatic heterocycles. The summed E-state index contributed by atoms with van der Waals surface area (Å²) in [7, 11) is 0. The van der Waals surface area contributed by atoms with Gasteiger partial charge in [0.05, 0.1) is 12.6 Å². The average Bonchev–Trinajstić information content (AvgIpc) is 2.72. The van der Waals surface area contributed by atoms with Crippen LogP contribution in [0.5, 0.6) is 5.75 Å². The Morgan fingerprint density at radius 3 is 2.85 bits per heavy atom. The van der Waals surface area contributed by atoms with Crippen LogP contribution in [0.1, 0.15) is 36.1 Å². The van der Waals surface area contributed by atoms with Crippen LogP contribution in [0.4, 0.5) is 4.79 Å². The number of nitrogens with zero attached hydrogens (tertiary/aromatic N) is 1. The van der Waals surface area contributed by atoms with Crippen LogP contribution in [0.3, 0.4) is 0 Å². The first-order chi connectivity index (χ1) is 13.2. The zero-order valence-electron chi connectivity index (χ0n) is 15.8. The molecule has 0 spiro atoms. The Balaban J connectivity index is 1.29. The van der Waals surface area contributed by atoms with Gasteiger partial charge in [0.2, 0.25) is 0 Å². The highest BCUT2D eigenvalue weighted by atomic mass is 16.5. The second kappa shape index (κ2) is 8.01. The molecule has 5 nitrogen and oxygen atoms in total. The molecule has 27 heavy (non-hydrogen) atoms. The number of urea groups is 1. The van der Waals surface area contributed by atoms with E-state index in [0.717, 1.165) is 37.2 Å². The highest BCUT2D eigenvalue weighted by Crippen LogP contribution is 2.31. The van der Waals surface area contributed by atoms with E-state index >= 15 is 0 Å². The lowest BCUT2D eigenvalue weighted by atomic mass is 9.99. The lowest BCUT2D eigenvalue weighted by molar-refractivity contribution is 0.183. The molecule has 0 bridgehead atoms. The molecule has 2 amide bonds. The molecule has 0 aliphatic carbocycles. The molecule has 0 fully saturated rings. The molecule has 2 aliphatic rings.